The minimum Gasteiger partial charge on any atom is -0.496 e. The van der Waals surface area contributed by atoms with Gasteiger partial charge in [-0.3, -0.25) is 4.79 Å². The summed E-state index contributed by atoms with van der Waals surface area (Å²) in [4.78, 5) is 10.7. The Kier molecular flexibility index (Phi) is 3.13. The molecule has 3 nitrogen and oxygen atoms in total. The van der Waals surface area contributed by atoms with Gasteiger partial charge in [-0.2, -0.15) is 0 Å². The van der Waals surface area contributed by atoms with Crippen molar-refractivity contribution in [2.45, 2.75) is 25.7 Å². The first-order valence-corrected chi connectivity index (χ1v) is 5.57. The first-order valence-electron chi connectivity index (χ1n) is 5.57. The third-order valence-electron chi connectivity index (χ3n) is 3.23. The lowest BCUT2D eigenvalue weighted by Crippen LogP contribution is -2.18. The normalized spacial score (nSPS) is 18.9. The number of fused-ring (bicyclic) bond motifs is 1. The van der Waals surface area contributed by atoms with E-state index in [1.165, 1.54) is 11.1 Å². The van der Waals surface area contributed by atoms with Crippen LogP contribution in [0.1, 0.15) is 24.0 Å². The second-order valence-electron chi connectivity index (χ2n) is 4.30. The molecule has 2 rings (SSSR count). The van der Waals surface area contributed by atoms with E-state index in [0.29, 0.717) is 0 Å². The minimum atomic E-state index is -0.705. The van der Waals surface area contributed by atoms with Crippen molar-refractivity contribution in [3.63, 3.8) is 0 Å². The monoisotopic (exact) mass is 220 g/mol. The molecular formula is C13H16O3. The van der Waals surface area contributed by atoms with Gasteiger partial charge in [0, 0.05) is 6.42 Å². The molecule has 0 bridgehead atoms. The first-order chi connectivity index (χ1) is 7.70. The molecule has 86 valence electrons. The van der Waals surface area contributed by atoms with Gasteiger partial charge < -0.3 is 9.84 Å². The maximum atomic E-state index is 10.7. The number of hydrogen-bond acceptors (Lipinski definition) is 2. The molecule has 1 unspecified atom stereocenters. The second-order valence-corrected chi connectivity index (χ2v) is 4.30. The van der Waals surface area contributed by atoms with E-state index in [9.17, 15) is 4.79 Å². The van der Waals surface area contributed by atoms with Crippen molar-refractivity contribution in [2.24, 2.45) is 5.92 Å². The fourth-order valence-electron chi connectivity index (χ4n) is 2.44. The highest BCUT2D eigenvalue weighted by molar-refractivity contribution is 5.67. The number of aryl methyl sites for hydroxylation is 1. The molecule has 0 heterocycles. The van der Waals surface area contributed by atoms with Gasteiger partial charge in [0.1, 0.15) is 5.75 Å². The molecule has 0 amide bonds. The summed E-state index contributed by atoms with van der Waals surface area (Å²) in [7, 11) is 1.66. The highest BCUT2D eigenvalue weighted by Gasteiger charge is 2.23. The molecule has 0 aromatic heterocycles. The summed E-state index contributed by atoms with van der Waals surface area (Å²) in [6.45, 7) is 0. The van der Waals surface area contributed by atoms with Crippen LogP contribution in [0.2, 0.25) is 0 Å². The van der Waals surface area contributed by atoms with E-state index in [4.69, 9.17) is 9.84 Å². The summed E-state index contributed by atoms with van der Waals surface area (Å²) in [5.41, 5.74) is 2.50. The summed E-state index contributed by atoms with van der Waals surface area (Å²) in [5, 5.41) is 8.81. The lowest BCUT2D eigenvalue weighted by molar-refractivity contribution is -0.138. The van der Waals surface area contributed by atoms with Crippen LogP contribution in [0.4, 0.5) is 0 Å². The Bertz CT molecular complexity index is 384. The lowest BCUT2D eigenvalue weighted by Gasteiger charge is -2.24. The van der Waals surface area contributed by atoms with Crippen molar-refractivity contribution in [2.75, 3.05) is 7.11 Å². The number of carbonyl (C=O) groups is 1. The van der Waals surface area contributed by atoms with Crippen LogP contribution in [-0.2, 0) is 17.6 Å². The summed E-state index contributed by atoms with van der Waals surface area (Å²) in [6, 6.07) is 6.05. The maximum Gasteiger partial charge on any atom is 0.303 e. The van der Waals surface area contributed by atoms with Crippen LogP contribution >= 0.6 is 0 Å². The average molecular weight is 220 g/mol. The molecule has 16 heavy (non-hydrogen) atoms. The summed E-state index contributed by atoms with van der Waals surface area (Å²) < 4.78 is 5.32. The minimum absolute atomic E-state index is 0.251. The molecule has 1 aromatic carbocycles. The van der Waals surface area contributed by atoms with E-state index >= 15 is 0 Å². The number of aliphatic carboxylic acids is 1. The largest absolute Gasteiger partial charge is 0.496 e. The number of rotatable bonds is 3. The molecule has 0 radical (unpaired) electrons. The Labute approximate surface area is 95.0 Å². The summed E-state index contributed by atoms with van der Waals surface area (Å²) in [5.74, 6) is 0.442. The van der Waals surface area contributed by atoms with Crippen molar-refractivity contribution in [3.8, 4) is 5.75 Å². The lowest BCUT2D eigenvalue weighted by atomic mass is 9.82. The van der Waals surface area contributed by atoms with Crippen LogP contribution in [0.5, 0.6) is 5.75 Å². The molecule has 0 fully saturated rings. The van der Waals surface area contributed by atoms with Gasteiger partial charge >= 0.3 is 5.97 Å². The molecular weight excluding hydrogens is 204 g/mol. The second kappa shape index (κ2) is 4.56. The van der Waals surface area contributed by atoms with Crippen LogP contribution in [-0.4, -0.2) is 18.2 Å². The Hall–Kier alpha value is -1.51. The molecule has 0 saturated heterocycles. The van der Waals surface area contributed by atoms with Crippen molar-refractivity contribution in [1.29, 1.82) is 0 Å². The van der Waals surface area contributed by atoms with Gasteiger partial charge in [-0.25, -0.2) is 0 Å². The molecule has 0 spiro atoms. The number of carboxylic acids is 1. The van der Waals surface area contributed by atoms with E-state index in [1.54, 1.807) is 7.11 Å². The van der Waals surface area contributed by atoms with Crippen molar-refractivity contribution in [1.82, 2.24) is 0 Å². The Balaban J connectivity index is 2.21. The third-order valence-corrected chi connectivity index (χ3v) is 3.23. The number of hydrogen-bond donors (Lipinski definition) is 1. The van der Waals surface area contributed by atoms with Gasteiger partial charge in [-0.1, -0.05) is 12.1 Å². The van der Waals surface area contributed by atoms with Crippen LogP contribution in [0.3, 0.4) is 0 Å². The third kappa shape index (κ3) is 2.18. The van der Waals surface area contributed by atoms with Gasteiger partial charge in [-0.15, -0.1) is 0 Å². The predicted octanol–water partition coefficient (Wildman–Crippen LogP) is 2.27. The summed E-state index contributed by atoms with van der Waals surface area (Å²) >= 11 is 0. The van der Waals surface area contributed by atoms with E-state index in [2.05, 4.69) is 6.07 Å². The quantitative estimate of drug-likeness (QED) is 0.850. The van der Waals surface area contributed by atoms with Gasteiger partial charge in [0.05, 0.1) is 7.11 Å². The molecule has 0 saturated carbocycles. The molecule has 1 N–H and O–H groups in total. The van der Waals surface area contributed by atoms with E-state index in [1.807, 2.05) is 12.1 Å². The van der Waals surface area contributed by atoms with E-state index < -0.39 is 5.97 Å². The Morgan fingerprint density at radius 2 is 2.38 bits per heavy atom. The SMILES string of the molecule is COc1cccc2c1CC(CC(=O)O)CC2. The first kappa shape index (κ1) is 11.0. The fourth-order valence-corrected chi connectivity index (χ4v) is 2.44. The van der Waals surface area contributed by atoms with Gasteiger partial charge in [0.25, 0.3) is 0 Å². The molecule has 0 aliphatic heterocycles. The molecule has 1 aromatic rings. The number of ether oxygens (including phenoxy) is 1. The number of benzene rings is 1. The predicted molar refractivity (Wildman–Crippen MR) is 60.8 cm³/mol. The zero-order valence-electron chi connectivity index (χ0n) is 9.40. The standard InChI is InChI=1S/C13H16O3/c1-16-12-4-2-3-10-6-5-9(7-11(10)12)8-13(14)15/h2-4,9H,5-8H2,1H3,(H,14,15). The molecule has 1 atom stereocenters. The van der Waals surface area contributed by atoms with Gasteiger partial charge in [-0.05, 0) is 42.4 Å². The smallest absolute Gasteiger partial charge is 0.303 e. The average Bonchev–Trinajstić information content (AvgIpc) is 2.27. The fraction of sp³-hybridized carbons (Fsp3) is 0.462. The molecule has 3 heteroatoms. The zero-order valence-corrected chi connectivity index (χ0v) is 9.40. The number of methoxy groups -OCH3 is 1. The maximum absolute atomic E-state index is 10.7. The highest BCUT2D eigenvalue weighted by atomic mass is 16.5. The van der Waals surface area contributed by atoms with Crippen molar-refractivity contribution >= 4 is 5.97 Å². The molecule has 1 aliphatic carbocycles. The van der Waals surface area contributed by atoms with Crippen LogP contribution in [0.25, 0.3) is 0 Å². The zero-order chi connectivity index (χ0) is 11.5. The van der Waals surface area contributed by atoms with Crippen LogP contribution in [0.15, 0.2) is 18.2 Å². The van der Waals surface area contributed by atoms with Crippen LogP contribution < -0.4 is 4.74 Å². The van der Waals surface area contributed by atoms with Crippen molar-refractivity contribution in [3.05, 3.63) is 29.3 Å². The van der Waals surface area contributed by atoms with E-state index in [-0.39, 0.29) is 12.3 Å². The van der Waals surface area contributed by atoms with E-state index in [0.717, 1.165) is 25.0 Å². The summed E-state index contributed by atoms with van der Waals surface area (Å²) in [6.07, 6.45) is 3.01. The van der Waals surface area contributed by atoms with Gasteiger partial charge in [0.15, 0.2) is 0 Å². The topological polar surface area (TPSA) is 46.5 Å². The Morgan fingerprint density at radius 1 is 1.56 bits per heavy atom. The number of carboxylic acid groups (broad SMARTS) is 1. The molecule has 1 aliphatic rings. The van der Waals surface area contributed by atoms with Crippen molar-refractivity contribution < 1.29 is 14.6 Å². The van der Waals surface area contributed by atoms with Crippen LogP contribution in [0, 0.1) is 5.92 Å². The highest BCUT2D eigenvalue weighted by Crippen LogP contribution is 2.33. The van der Waals surface area contributed by atoms with Gasteiger partial charge in [0.2, 0.25) is 0 Å². The Morgan fingerprint density at radius 3 is 3.06 bits per heavy atom.